The Kier molecular flexibility index (Phi) is 5.03. The van der Waals surface area contributed by atoms with Gasteiger partial charge < -0.3 is 16.2 Å². The summed E-state index contributed by atoms with van der Waals surface area (Å²) in [5.74, 6) is -0.942. The first-order valence-electron chi connectivity index (χ1n) is 7.22. The molecule has 6 nitrogen and oxygen atoms in total. The number of benzene rings is 1. The zero-order chi connectivity index (χ0) is 15.2. The molecular weight excluding hydrogens is 270 g/mol. The topological polar surface area (TPSA) is 95.7 Å². The van der Waals surface area contributed by atoms with Crippen LogP contribution in [0.4, 0.5) is 16.2 Å². The van der Waals surface area contributed by atoms with E-state index in [0.29, 0.717) is 11.4 Å². The van der Waals surface area contributed by atoms with E-state index < -0.39 is 5.97 Å². The molecule has 2 rings (SSSR count). The third-order valence-corrected chi connectivity index (χ3v) is 3.70. The molecule has 0 spiro atoms. The van der Waals surface area contributed by atoms with Crippen LogP contribution in [-0.2, 0) is 4.79 Å². The van der Waals surface area contributed by atoms with Crippen LogP contribution in [0.25, 0.3) is 0 Å². The normalized spacial score (nSPS) is 14.9. The largest absolute Gasteiger partial charge is 0.481 e. The Hall–Kier alpha value is -2.24. The summed E-state index contributed by atoms with van der Waals surface area (Å²) < 4.78 is 0. The summed E-state index contributed by atoms with van der Waals surface area (Å²) in [6, 6.07) is 6.89. The second kappa shape index (κ2) is 6.97. The third-order valence-electron chi connectivity index (χ3n) is 3.70. The maximum absolute atomic E-state index is 12.4. The molecule has 0 atom stereocenters. The summed E-state index contributed by atoms with van der Waals surface area (Å²) in [6.07, 6.45) is 4.07. The Bertz CT molecular complexity index is 513. The number of carbonyl (C=O) groups excluding carboxylic acids is 1. The molecule has 1 aliphatic rings. The van der Waals surface area contributed by atoms with E-state index in [0.717, 1.165) is 25.7 Å². The van der Waals surface area contributed by atoms with Gasteiger partial charge in [-0.15, -0.1) is 0 Å². The fourth-order valence-electron chi connectivity index (χ4n) is 2.59. The minimum Gasteiger partial charge on any atom is -0.481 e. The number of rotatable bonds is 5. The number of anilines is 2. The monoisotopic (exact) mass is 291 g/mol. The van der Waals surface area contributed by atoms with Gasteiger partial charge in [0.15, 0.2) is 0 Å². The van der Waals surface area contributed by atoms with Crippen LogP contribution in [0.3, 0.4) is 0 Å². The summed E-state index contributed by atoms with van der Waals surface area (Å²) >= 11 is 0. The van der Waals surface area contributed by atoms with Gasteiger partial charge >= 0.3 is 12.0 Å². The molecule has 4 N–H and O–H groups in total. The van der Waals surface area contributed by atoms with Crippen molar-refractivity contribution in [3.8, 4) is 0 Å². The van der Waals surface area contributed by atoms with Crippen LogP contribution < -0.4 is 16.0 Å². The van der Waals surface area contributed by atoms with Crippen LogP contribution in [0.1, 0.15) is 32.1 Å². The maximum atomic E-state index is 12.4. The van der Waals surface area contributed by atoms with Crippen molar-refractivity contribution >= 4 is 23.4 Å². The van der Waals surface area contributed by atoms with Crippen LogP contribution in [0.15, 0.2) is 24.3 Å². The molecule has 0 heterocycles. The second-order valence-corrected chi connectivity index (χ2v) is 5.29. The van der Waals surface area contributed by atoms with E-state index in [1.165, 1.54) is 4.90 Å². The zero-order valence-electron chi connectivity index (χ0n) is 11.9. The average molecular weight is 291 g/mol. The number of nitrogen functional groups attached to an aromatic ring is 1. The number of carboxylic acid groups (broad SMARTS) is 1. The van der Waals surface area contributed by atoms with Crippen LogP contribution in [0, 0.1) is 0 Å². The van der Waals surface area contributed by atoms with E-state index >= 15 is 0 Å². The lowest BCUT2D eigenvalue weighted by Crippen LogP contribution is -2.45. The van der Waals surface area contributed by atoms with Crippen LogP contribution >= 0.6 is 0 Å². The number of nitrogens with two attached hydrogens (primary N) is 1. The van der Waals surface area contributed by atoms with Gasteiger partial charge in [-0.1, -0.05) is 25.0 Å². The number of aliphatic carboxylic acids is 1. The number of nitrogens with one attached hydrogen (secondary N) is 1. The highest BCUT2D eigenvalue weighted by atomic mass is 16.4. The number of amides is 2. The van der Waals surface area contributed by atoms with E-state index in [9.17, 15) is 9.59 Å². The van der Waals surface area contributed by atoms with Crippen molar-refractivity contribution < 1.29 is 14.7 Å². The Morgan fingerprint density at radius 1 is 1.29 bits per heavy atom. The lowest BCUT2D eigenvalue weighted by molar-refractivity contribution is -0.136. The lowest BCUT2D eigenvalue weighted by atomic mass is 10.2. The lowest BCUT2D eigenvalue weighted by Gasteiger charge is -2.25. The SMILES string of the molecule is Nc1ccccc1N(CCC(=O)O)C(=O)NC1CCCC1. The van der Waals surface area contributed by atoms with Gasteiger partial charge in [-0.2, -0.15) is 0 Å². The van der Waals surface area contributed by atoms with Crippen molar-refractivity contribution in [2.45, 2.75) is 38.1 Å². The van der Waals surface area contributed by atoms with Gasteiger partial charge in [-0.25, -0.2) is 4.79 Å². The van der Waals surface area contributed by atoms with E-state index in [1.54, 1.807) is 24.3 Å². The molecule has 0 unspecified atom stereocenters. The summed E-state index contributed by atoms with van der Waals surface area (Å²) in [7, 11) is 0. The Morgan fingerprint density at radius 2 is 1.95 bits per heavy atom. The number of para-hydroxylation sites is 2. The van der Waals surface area contributed by atoms with Gasteiger partial charge in [0.1, 0.15) is 0 Å². The van der Waals surface area contributed by atoms with Gasteiger partial charge in [0.2, 0.25) is 0 Å². The minimum atomic E-state index is -0.942. The van der Waals surface area contributed by atoms with Crippen LogP contribution in [-0.4, -0.2) is 29.7 Å². The second-order valence-electron chi connectivity index (χ2n) is 5.29. The number of hydrogen-bond donors (Lipinski definition) is 3. The molecule has 1 aromatic carbocycles. The molecule has 0 aromatic heterocycles. The van der Waals surface area contributed by atoms with Crippen molar-refractivity contribution in [3.63, 3.8) is 0 Å². The smallest absolute Gasteiger partial charge is 0.322 e. The molecule has 1 aromatic rings. The van der Waals surface area contributed by atoms with Crippen LogP contribution in [0.5, 0.6) is 0 Å². The fourth-order valence-corrected chi connectivity index (χ4v) is 2.59. The quantitative estimate of drug-likeness (QED) is 0.725. The maximum Gasteiger partial charge on any atom is 0.322 e. The summed E-state index contributed by atoms with van der Waals surface area (Å²) in [5.41, 5.74) is 6.92. The first-order valence-corrected chi connectivity index (χ1v) is 7.22. The highest BCUT2D eigenvalue weighted by Crippen LogP contribution is 2.24. The molecule has 1 aliphatic carbocycles. The summed E-state index contributed by atoms with van der Waals surface area (Å²) in [6.45, 7) is 0.0993. The highest BCUT2D eigenvalue weighted by molar-refractivity contribution is 5.95. The Morgan fingerprint density at radius 3 is 2.57 bits per heavy atom. The van der Waals surface area contributed by atoms with Gasteiger partial charge in [0, 0.05) is 12.6 Å². The minimum absolute atomic E-state index is 0.0993. The van der Waals surface area contributed by atoms with Crippen molar-refractivity contribution in [1.29, 1.82) is 0 Å². The third kappa shape index (κ3) is 4.11. The van der Waals surface area contributed by atoms with Gasteiger partial charge in [0.05, 0.1) is 17.8 Å². The number of nitrogens with zero attached hydrogens (tertiary/aromatic N) is 1. The molecule has 2 amide bonds. The summed E-state index contributed by atoms with van der Waals surface area (Å²) in [4.78, 5) is 24.6. The molecule has 21 heavy (non-hydrogen) atoms. The van der Waals surface area contributed by atoms with Crippen molar-refractivity contribution in [1.82, 2.24) is 5.32 Å². The first kappa shape index (κ1) is 15.2. The number of urea groups is 1. The Labute approximate surface area is 123 Å². The molecule has 1 fully saturated rings. The molecule has 0 radical (unpaired) electrons. The van der Waals surface area contributed by atoms with Crippen molar-refractivity contribution in [2.75, 3.05) is 17.2 Å². The van der Waals surface area contributed by atoms with E-state index in [2.05, 4.69) is 5.32 Å². The number of hydrogen-bond acceptors (Lipinski definition) is 3. The van der Waals surface area contributed by atoms with Crippen LogP contribution in [0.2, 0.25) is 0 Å². The van der Waals surface area contributed by atoms with Crippen molar-refractivity contribution in [2.24, 2.45) is 0 Å². The fraction of sp³-hybridized carbons (Fsp3) is 0.467. The Balaban J connectivity index is 2.12. The molecule has 114 valence electrons. The van der Waals surface area contributed by atoms with E-state index in [4.69, 9.17) is 10.8 Å². The molecule has 6 heteroatoms. The van der Waals surface area contributed by atoms with Gasteiger partial charge in [0.25, 0.3) is 0 Å². The van der Waals surface area contributed by atoms with Gasteiger partial charge in [-0.05, 0) is 25.0 Å². The predicted octanol–water partition coefficient (Wildman–Crippen LogP) is 2.20. The van der Waals surface area contributed by atoms with E-state index in [1.807, 2.05) is 0 Å². The zero-order valence-corrected chi connectivity index (χ0v) is 11.9. The molecule has 0 bridgehead atoms. The number of carboxylic acids is 1. The average Bonchev–Trinajstić information content (AvgIpc) is 2.93. The predicted molar refractivity (Wildman–Crippen MR) is 81.2 cm³/mol. The molecular formula is C15H21N3O3. The highest BCUT2D eigenvalue weighted by Gasteiger charge is 2.23. The van der Waals surface area contributed by atoms with E-state index in [-0.39, 0.29) is 25.0 Å². The van der Waals surface area contributed by atoms with Crippen molar-refractivity contribution in [3.05, 3.63) is 24.3 Å². The number of carbonyl (C=O) groups is 2. The van der Waals surface area contributed by atoms with Gasteiger partial charge in [-0.3, -0.25) is 9.69 Å². The first-order chi connectivity index (χ1) is 10.1. The molecule has 0 saturated heterocycles. The molecule has 1 saturated carbocycles. The summed E-state index contributed by atoms with van der Waals surface area (Å²) in [5, 5.41) is 11.8. The molecule has 0 aliphatic heterocycles. The standard InChI is InChI=1S/C15H21N3O3/c16-12-7-3-4-8-13(12)18(10-9-14(19)20)15(21)17-11-5-1-2-6-11/h3-4,7-8,11H,1-2,5-6,9-10,16H2,(H,17,21)(H,19,20).